The number of rotatable bonds is 9. The molecule has 0 aliphatic heterocycles. The van der Waals surface area contributed by atoms with Gasteiger partial charge in [0.2, 0.25) is 10.9 Å². The van der Waals surface area contributed by atoms with Gasteiger partial charge in [-0.2, -0.15) is 0 Å². The summed E-state index contributed by atoms with van der Waals surface area (Å²) in [6.07, 6.45) is 1.74. The summed E-state index contributed by atoms with van der Waals surface area (Å²) < 4.78 is 0.666. The molecule has 0 atom stereocenters. The molecule has 2 aromatic rings. The lowest BCUT2D eigenvalue weighted by Crippen LogP contribution is -2.29. The summed E-state index contributed by atoms with van der Waals surface area (Å²) in [6, 6.07) is 0. The third-order valence-corrected chi connectivity index (χ3v) is 4.50. The van der Waals surface area contributed by atoms with E-state index in [1.54, 1.807) is 0 Å². The van der Waals surface area contributed by atoms with E-state index >= 15 is 0 Å². The Morgan fingerprint density at radius 1 is 1.04 bits per heavy atom. The van der Waals surface area contributed by atoms with Gasteiger partial charge in [-0.25, -0.2) is 0 Å². The second kappa shape index (κ2) is 7.18. The molecule has 2 aromatic carbocycles. The molecule has 4 N–H and O–H groups in total. The average Bonchev–Trinajstić information content (AvgIpc) is 2.55. The zero-order valence-corrected chi connectivity index (χ0v) is 14.8. The molecule has 2 rings (SSSR count). The van der Waals surface area contributed by atoms with Crippen molar-refractivity contribution in [2.24, 2.45) is 0 Å². The first kappa shape index (κ1) is 17.6. The molecule has 8 heteroatoms. The first-order valence-corrected chi connectivity index (χ1v) is 8.32. The monoisotopic (exact) mass is 352 g/mol. The lowest BCUT2D eigenvalue weighted by atomic mass is 10.1. The third kappa shape index (κ3) is 3.28. The van der Waals surface area contributed by atoms with E-state index in [0.29, 0.717) is 29.0 Å². The highest BCUT2D eigenvalue weighted by molar-refractivity contribution is 7.72. The lowest BCUT2D eigenvalue weighted by molar-refractivity contribution is 0.843. The van der Waals surface area contributed by atoms with Crippen LogP contribution in [0.25, 0.3) is 0 Å². The van der Waals surface area contributed by atoms with E-state index in [-0.39, 0.29) is 21.1 Å². The number of hydrogen-bond acceptors (Lipinski definition) is 8. The van der Waals surface area contributed by atoms with Gasteiger partial charge in [0.15, 0.2) is 0 Å². The first-order valence-electron chi connectivity index (χ1n) is 7.51. The molecule has 0 heterocycles. The Morgan fingerprint density at radius 3 is 2.22 bits per heavy atom. The molecule has 6 nitrogen and oxygen atoms in total. The smallest absolute Gasteiger partial charge is 0.223 e. The molecule has 0 saturated carbocycles. The summed E-state index contributed by atoms with van der Waals surface area (Å²) in [6.45, 7) is 4.17. The zero-order chi connectivity index (χ0) is 17.1. The van der Waals surface area contributed by atoms with Crippen LogP contribution in [0.2, 0.25) is 0 Å². The Kier molecular flexibility index (Phi) is 5.48. The van der Waals surface area contributed by atoms with Crippen LogP contribution in [0.15, 0.2) is 9.59 Å². The van der Waals surface area contributed by atoms with Gasteiger partial charge in [-0.1, -0.05) is 31.4 Å². The third-order valence-electron chi connectivity index (χ3n) is 3.73. The molecule has 0 aliphatic carbocycles. The van der Waals surface area contributed by atoms with Crippen LogP contribution in [0, 0.1) is 9.02 Å². The van der Waals surface area contributed by atoms with E-state index in [2.05, 4.69) is 17.6 Å². The minimum absolute atomic E-state index is 0.0939. The zero-order valence-electron chi connectivity index (χ0n) is 13.2. The maximum atomic E-state index is 11.8. The fourth-order valence-electron chi connectivity index (χ4n) is 2.45. The van der Waals surface area contributed by atoms with E-state index in [1.807, 2.05) is 11.9 Å². The summed E-state index contributed by atoms with van der Waals surface area (Å²) in [5.41, 5.74) is 7.39. The van der Waals surface area contributed by atoms with Crippen molar-refractivity contribution >= 4 is 47.2 Å². The van der Waals surface area contributed by atoms with Crippen LogP contribution in [0.4, 0.5) is 22.7 Å². The van der Waals surface area contributed by atoms with Crippen molar-refractivity contribution in [3.05, 3.63) is 29.5 Å². The Bertz CT molecular complexity index is 845. The minimum atomic E-state index is -0.261. The average molecular weight is 352 g/mol. The molecule has 0 bridgehead atoms. The van der Waals surface area contributed by atoms with Gasteiger partial charge in [-0.05, 0) is 12.8 Å². The molecule has 0 radical (unpaired) electrons. The number of nitrogens with two attached hydrogens (primary N) is 1. The van der Waals surface area contributed by atoms with Crippen molar-refractivity contribution in [2.45, 2.75) is 19.8 Å². The SMILES string of the molecule is CCCN(C)c1c(NCCCNc2c(N)c(=O)c2=S)c(=O)c1=S. The fourth-order valence-corrected chi connectivity index (χ4v) is 3.11. The number of nitrogens with one attached hydrogen (secondary N) is 2. The normalized spacial score (nSPS) is 11.0. The predicted octanol–water partition coefficient (Wildman–Crippen LogP) is 1.96. The highest BCUT2D eigenvalue weighted by Crippen LogP contribution is 2.26. The summed E-state index contributed by atoms with van der Waals surface area (Å²) in [5, 5.41) is 6.19. The second-order valence-electron chi connectivity index (χ2n) is 5.46. The van der Waals surface area contributed by atoms with Crippen molar-refractivity contribution in [3.8, 4) is 0 Å². The van der Waals surface area contributed by atoms with E-state index in [4.69, 9.17) is 30.2 Å². The predicted molar refractivity (Wildman–Crippen MR) is 101 cm³/mol. The summed E-state index contributed by atoms with van der Waals surface area (Å²) in [4.78, 5) is 25.0. The van der Waals surface area contributed by atoms with E-state index in [0.717, 1.165) is 25.1 Å². The topological polar surface area (TPSA) is 87.5 Å². The molecule has 0 aromatic heterocycles. The number of nitrogens with zero attached hydrogens (tertiary/aromatic N) is 1. The van der Waals surface area contributed by atoms with Crippen molar-refractivity contribution < 1.29 is 0 Å². The standard InChI is InChI=1S/C15H20N4O2S2/c1-3-7-19(2)11-10(13(21)15(11)23)18-6-4-5-17-9-8(16)12(20)14(9)22/h17-18H,3-7,16H2,1-2H3. The van der Waals surface area contributed by atoms with Crippen molar-refractivity contribution in [1.82, 2.24) is 0 Å². The molecule has 0 saturated heterocycles. The molecule has 0 fully saturated rings. The quantitative estimate of drug-likeness (QED) is 0.466. The Morgan fingerprint density at radius 2 is 1.65 bits per heavy atom. The van der Waals surface area contributed by atoms with Gasteiger partial charge in [0.25, 0.3) is 0 Å². The van der Waals surface area contributed by atoms with Crippen LogP contribution in [-0.4, -0.2) is 26.7 Å². The molecular formula is C15H20N4O2S2. The molecule has 0 aliphatic rings. The molecule has 124 valence electrons. The van der Waals surface area contributed by atoms with Crippen molar-refractivity contribution in [3.63, 3.8) is 0 Å². The van der Waals surface area contributed by atoms with E-state index in [9.17, 15) is 9.59 Å². The maximum Gasteiger partial charge on any atom is 0.223 e. The lowest BCUT2D eigenvalue weighted by Gasteiger charge is -2.24. The largest absolute Gasteiger partial charge is 0.394 e. The van der Waals surface area contributed by atoms with Gasteiger partial charge >= 0.3 is 0 Å². The van der Waals surface area contributed by atoms with Crippen LogP contribution < -0.4 is 32.1 Å². The second-order valence-corrected chi connectivity index (χ2v) is 6.27. The van der Waals surface area contributed by atoms with Gasteiger partial charge in [0.05, 0.1) is 11.4 Å². The maximum absolute atomic E-state index is 11.8. The van der Waals surface area contributed by atoms with Gasteiger partial charge < -0.3 is 21.3 Å². The molecule has 0 spiro atoms. The number of anilines is 4. The Labute approximate surface area is 144 Å². The number of nitrogen functional groups attached to an aromatic ring is 1. The molecule has 23 heavy (non-hydrogen) atoms. The van der Waals surface area contributed by atoms with Gasteiger partial charge in [-0.3, -0.25) is 9.59 Å². The minimum Gasteiger partial charge on any atom is -0.394 e. The Hall–Kier alpha value is -1.80. The van der Waals surface area contributed by atoms with Gasteiger partial charge in [0.1, 0.15) is 20.4 Å². The Balaban J connectivity index is 1.83. The summed E-state index contributed by atoms with van der Waals surface area (Å²) in [7, 11) is 1.94. The summed E-state index contributed by atoms with van der Waals surface area (Å²) in [5.74, 6) is 0. The van der Waals surface area contributed by atoms with E-state index in [1.165, 1.54) is 0 Å². The molecule has 0 unspecified atom stereocenters. The molecular weight excluding hydrogens is 332 g/mol. The van der Waals surface area contributed by atoms with Crippen LogP contribution in [0.3, 0.4) is 0 Å². The highest BCUT2D eigenvalue weighted by atomic mass is 32.1. The van der Waals surface area contributed by atoms with Crippen LogP contribution in [-0.2, 0) is 0 Å². The first-order chi connectivity index (χ1) is 10.9. The van der Waals surface area contributed by atoms with Crippen LogP contribution in [0.1, 0.15) is 19.8 Å². The number of hydrogen-bond donors (Lipinski definition) is 3. The highest BCUT2D eigenvalue weighted by Gasteiger charge is 2.20. The summed E-state index contributed by atoms with van der Waals surface area (Å²) >= 11 is 10.0. The van der Waals surface area contributed by atoms with Gasteiger partial charge in [-0.15, -0.1) is 0 Å². The van der Waals surface area contributed by atoms with Crippen molar-refractivity contribution in [1.29, 1.82) is 0 Å². The van der Waals surface area contributed by atoms with Gasteiger partial charge in [0, 0.05) is 26.7 Å². The van der Waals surface area contributed by atoms with Crippen LogP contribution in [0.5, 0.6) is 0 Å². The van der Waals surface area contributed by atoms with E-state index < -0.39 is 0 Å². The van der Waals surface area contributed by atoms with Crippen LogP contribution >= 0.6 is 24.4 Å². The fraction of sp³-hybridized carbons (Fsp3) is 0.467. The van der Waals surface area contributed by atoms with Crippen molar-refractivity contribution in [2.75, 3.05) is 47.9 Å². The molecule has 0 amide bonds.